The van der Waals surface area contributed by atoms with Crippen molar-refractivity contribution in [3.8, 4) is 11.3 Å². The van der Waals surface area contributed by atoms with Gasteiger partial charge in [0.25, 0.3) is 5.91 Å². The van der Waals surface area contributed by atoms with E-state index in [4.69, 9.17) is 4.74 Å². The third-order valence-electron chi connectivity index (χ3n) is 8.34. The lowest BCUT2D eigenvalue weighted by Crippen LogP contribution is -2.56. The first kappa shape index (κ1) is 34.6. The number of amides is 3. The molecular formula is C33H46N6O7. The number of hydrogen-bond acceptors (Lipinski definition) is 9. The van der Waals surface area contributed by atoms with Crippen LogP contribution < -0.4 is 10.2 Å². The smallest absolute Gasteiger partial charge is 0.409 e. The van der Waals surface area contributed by atoms with E-state index >= 15 is 0 Å². The van der Waals surface area contributed by atoms with Crippen molar-refractivity contribution in [2.24, 2.45) is 0 Å². The van der Waals surface area contributed by atoms with Gasteiger partial charge in [-0.1, -0.05) is 50.1 Å². The van der Waals surface area contributed by atoms with E-state index in [0.29, 0.717) is 31.9 Å². The van der Waals surface area contributed by atoms with Crippen LogP contribution in [0.15, 0.2) is 42.5 Å². The number of anilines is 1. The minimum atomic E-state index is -1.08. The predicted molar refractivity (Wildman–Crippen MR) is 173 cm³/mol. The first-order valence-corrected chi connectivity index (χ1v) is 16.2. The number of nitrogens with one attached hydrogen (secondary N) is 1. The van der Waals surface area contributed by atoms with Gasteiger partial charge in [0, 0.05) is 76.6 Å². The Morgan fingerprint density at radius 3 is 2.28 bits per heavy atom. The summed E-state index contributed by atoms with van der Waals surface area (Å²) in [7, 11) is 0. The lowest BCUT2D eigenvalue weighted by Gasteiger charge is -2.36. The fourth-order valence-electron chi connectivity index (χ4n) is 5.63. The van der Waals surface area contributed by atoms with E-state index in [-0.39, 0.29) is 51.3 Å². The fraction of sp³-hybridized carbons (Fsp3) is 0.545. The van der Waals surface area contributed by atoms with Gasteiger partial charge in [-0.3, -0.25) is 19.3 Å². The van der Waals surface area contributed by atoms with Crippen LogP contribution in [-0.4, -0.2) is 132 Å². The van der Waals surface area contributed by atoms with Gasteiger partial charge in [-0.05, 0) is 25.0 Å². The second-order valence-corrected chi connectivity index (χ2v) is 11.6. The summed E-state index contributed by atoms with van der Waals surface area (Å²) < 4.78 is 5.34. The number of rotatable bonds is 14. The number of aliphatic carboxylic acids is 1. The number of benzene rings is 1. The highest BCUT2D eigenvalue weighted by Gasteiger charge is 2.31. The van der Waals surface area contributed by atoms with Crippen molar-refractivity contribution in [2.45, 2.75) is 45.1 Å². The van der Waals surface area contributed by atoms with Crippen LogP contribution in [0.5, 0.6) is 0 Å². The summed E-state index contributed by atoms with van der Waals surface area (Å²) in [6, 6.07) is 12.1. The molecule has 3 N–H and O–H groups in total. The van der Waals surface area contributed by atoms with E-state index in [9.17, 15) is 29.4 Å². The second-order valence-electron chi connectivity index (χ2n) is 11.6. The van der Waals surface area contributed by atoms with E-state index in [0.717, 1.165) is 43.6 Å². The van der Waals surface area contributed by atoms with Crippen molar-refractivity contribution in [3.63, 3.8) is 0 Å². The van der Waals surface area contributed by atoms with Gasteiger partial charge in [-0.2, -0.15) is 0 Å². The van der Waals surface area contributed by atoms with Crippen LogP contribution in [0.3, 0.4) is 0 Å². The van der Waals surface area contributed by atoms with E-state index < -0.39 is 29.9 Å². The Morgan fingerprint density at radius 1 is 0.935 bits per heavy atom. The van der Waals surface area contributed by atoms with Crippen molar-refractivity contribution in [1.82, 2.24) is 25.0 Å². The van der Waals surface area contributed by atoms with Crippen LogP contribution in [0.1, 0.15) is 49.5 Å². The molecule has 0 spiro atoms. The summed E-state index contributed by atoms with van der Waals surface area (Å²) in [5, 5.41) is 21.5. The largest absolute Gasteiger partial charge is 0.481 e. The zero-order chi connectivity index (χ0) is 32.9. The third kappa shape index (κ3) is 9.88. The molecule has 1 atom stereocenters. The zero-order valence-corrected chi connectivity index (χ0v) is 26.6. The molecule has 0 bridgehead atoms. The van der Waals surface area contributed by atoms with Crippen LogP contribution in [0.2, 0.25) is 0 Å². The Hall–Kier alpha value is -4.23. The summed E-state index contributed by atoms with van der Waals surface area (Å²) in [5.41, 5.74) is 2.37. The van der Waals surface area contributed by atoms with Crippen LogP contribution in [0, 0.1) is 0 Å². The number of unbranched alkanes of at least 4 members (excludes halogenated alkanes) is 2. The monoisotopic (exact) mass is 638 g/mol. The summed E-state index contributed by atoms with van der Waals surface area (Å²) in [5.74, 6) is -2.05. The number of aliphatic hydroxyl groups excluding tert-OH is 1. The average molecular weight is 639 g/mol. The summed E-state index contributed by atoms with van der Waals surface area (Å²) >= 11 is 0. The minimum Gasteiger partial charge on any atom is -0.481 e. The molecule has 0 unspecified atom stereocenters. The molecule has 2 aliphatic rings. The van der Waals surface area contributed by atoms with Gasteiger partial charge < -0.3 is 35.0 Å². The van der Waals surface area contributed by atoms with Gasteiger partial charge in [0.15, 0.2) is 0 Å². The molecule has 13 heteroatoms. The summed E-state index contributed by atoms with van der Waals surface area (Å²) in [6.45, 7) is 7.14. The normalized spacial score (nSPS) is 16.2. The van der Waals surface area contributed by atoms with Crippen molar-refractivity contribution in [1.29, 1.82) is 0 Å². The standard InChI is InChI=1S/C33H46N6O7/c1-2-3-7-22-46-33(45)39-18-16-38(17-19-39)32(44)27(10-11-30(41)42)35-31(43)29-24-26(37-14-12-36(13-15-37)20-21-40)23-28(34-29)25-8-5-4-6-9-25/h4-6,8-9,23-24,27,40H,2-3,7,10-22H2,1H3,(H,35,43)(H,41,42)/t27-/m0/s1. The number of pyridine rings is 1. The number of piperazine rings is 2. The maximum atomic E-state index is 13.7. The first-order chi connectivity index (χ1) is 22.3. The molecule has 46 heavy (non-hydrogen) atoms. The van der Waals surface area contributed by atoms with Gasteiger partial charge in [0.05, 0.1) is 18.9 Å². The van der Waals surface area contributed by atoms with Gasteiger partial charge in [0.1, 0.15) is 11.7 Å². The fourth-order valence-corrected chi connectivity index (χ4v) is 5.63. The molecule has 2 saturated heterocycles. The number of aromatic nitrogens is 1. The zero-order valence-electron chi connectivity index (χ0n) is 26.6. The number of carboxylic acid groups (broad SMARTS) is 1. The Morgan fingerprint density at radius 2 is 1.63 bits per heavy atom. The van der Waals surface area contributed by atoms with E-state index in [2.05, 4.69) is 27.0 Å². The number of aliphatic hydroxyl groups is 1. The summed E-state index contributed by atoms with van der Waals surface area (Å²) in [6.07, 6.45) is 2.01. The minimum absolute atomic E-state index is 0.0857. The lowest BCUT2D eigenvalue weighted by atomic mass is 10.1. The molecule has 3 heterocycles. The number of nitrogens with zero attached hydrogens (tertiary/aromatic N) is 5. The van der Waals surface area contributed by atoms with Crippen LogP contribution in [-0.2, 0) is 14.3 Å². The van der Waals surface area contributed by atoms with Crippen molar-refractivity contribution in [3.05, 3.63) is 48.2 Å². The molecule has 0 saturated carbocycles. The number of β-amino-alcohol motifs (C(OH)–C–C–N with tert-alkyl or cyclic N) is 1. The molecule has 13 nitrogen and oxygen atoms in total. The van der Waals surface area contributed by atoms with Crippen molar-refractivity contribution >= 4 is 29.6 Å². The van der Waals surface area contributed by atoms with Crippen molar-refractivity contribution in [2.75, 3.05) is 77.0 Å². The number of carboxylic acids is 1. The predicted octanol–water partition coefficient (Wildman–Crippen LogP) is 2.30. The Bertz CT molecular complexity index is 1310. The van der Waals surface area contributed by atoms with Gasteiger partial charge in [0.2, 0.25) is 5.91 Å². The van der Waals surface area contributed by atoms with Gasteiger partial charge in [-0.15, -0.1) is 0 Å². The van der Waals surface area contributed by atoms with E-state index in [1.807, 2.05) is 36.4 Å². The summed E-state index contributed by atoms with van der Waals surface area (Å²) in [4.78, 5) is 63.3. The highest BCUT2D eigenvalue weighted by molar-refractivity contribution is 5.97. The second kappa shape index (κ2) is 17.5. The SMILES string of the molecule is CCCCCOC(=O)N1CCN(C(=O)[C@H](CCC(=O)O)NC(=O)c2cc(N3CCN(CCO)CC3)cc(-c3ccccc3)n2)CC1. The molecule has 0 radical (unpaired) electrons. The first-order valence-electron chi connectivity index (χ1n) is 16.2. The molecular weight excluding hydrogens is 592 g/mol. The lowest BCUT2D eigenvalue weighted by molar-refractivity contribution is -0.138. The molecule has 250 valence electrons. The van der Waals surface area contributed by atoms with E-state index in [1.165, 1.54) is 0 Å². The number of carbonyl (C=O) groups is 4. The molecule has 1 aromatic carbocycles. The maximum absolute atomic E-state index is 13.7. The highest BCUT2D eigenvalue weighted by atomic mass is 16.6. The third-order valence-corrected chi connectivity index (χ3v) is 8.34. The van der Waals surface area contributed by atoms with Gasteiger partial charge in [-0.25, -0.2) is 9.78 Å². The molecule has 0 aliphatic carbocycles. The maximum Gasteiger partial charge on any atom is 0.409 e. The molecule has 1 aromatic heterocycles. The van der Waals surface area contributed by atoms with Crippen molar-refractivity contribution < 1.29 is 34.1 Å². The van der Waals surface area contributed by atoms with Crippen LogP contribution in [0.4, 0.5) is 10.5 Å². The number of ether oxygens (including phenoxy) is 1. The highest BCUT2D eigenvalue weighted by Crippen LogP contribution is 2.25. The average Bonchev–Trinajstić information content (AvgIpc) is 3.08. The van der Waals surface area contributed by atoms with Crippen LogP contribution in [0.25, 0.3) is 11.3 Å². The number of carbonyl (C=O) groups excluding carboxylic acids is 3. The molecule has 2 fully saturated rings. The number of hydrogen-bond donors (Lipinski definition) is 3. The Labute approximate surface area is 270 Å². The molecule has 2 aliphatic heterocycles. The Kier molecular flexibility index (Phi) is 13.1. The molecule has 3 amide bonds. The quantitative estimate of drug-likeness (QED) is 0.263. The Balaban J connectivity index is 1.48. The molecule has 2 aromatic rings. The van der Waals surface area contributed by atoms with Crippen LogP contribution >= 0.6 is 0 Å². The van der Waals surface area contributed by atoms with E-state index in [1.54, 1.807) is 15.9 Å². The molecule has 4 rings (SSSR count). The topological polar surface area (TPSA) is 156 Å². The van der Waals surface area contributed by atoms with Gasteiger partial charge >= 0.3 is 12.1 Å².